The molecule has 0 radical (unpaired) electrons. The lowest BCUT2D eigenvalue weighted by Gasteiger charge is -2.26. The molecule has 10 heteroatoms. The van der Waals surface area contributed by atoms with E-state index < -0.39 is 0 Å². The minimum atomic E-state index is -0.323. The maximum absolute atomic E-state index is 13.4. The molecule has 2 heterocycles. The molecule has 1 amide bonds. The normalized spacial score (nSPS) is 16.7. The molecule has 1 unspecified atom stereocenters. The number of thioether (sulfide) groups is 1. The third-order valence-corrected chi connectivity index (χ3v) is 7.61. The van der Waals surface area contributed by atoms with E-state index in [-0.39, 0.29) is 11.8 Å². The van der Waals surface area contributed by atoms with Gasteiger partial charge in [0, 0.05) is 23.1 Å². The maximum atomic E-state index is 13.4. The predicted octanol–water partition coefficient (Wildman–Crippen LogP) is 5.78. The average molecular weight is 549 g/mol. The van der Waals surface area contributed by atoms with Crippen LogP contribution in [0.1, 0.15) is 12.5 Å². The van der Waals surface area contributed by atoms with Crippen LogP contribution in [0.25, 0.3) is 17.0 Å². The van der Waals surface area contributed by atoms with Crippen LogP contribution in [0.3, 0.4) is 0 Å². The lowest BCUT2D eigenvalue weighted by atomic mass is 9.84. The van der Waals surface area contributed by atoms with E-state index in [4.69, 9.17) is 25.8 Å². The molecule has 2 aliphatic rings. The summed E-state index contributed by atoms with van der Waals surface area (Å²) < 4.78 is 18.4. The fourth-order valence-corrected chi connectivity index (χ4v) is 5.79. The Hall–Kier alpha value is -3.82. The minimum Gasteiger partial charge on any atom is -0.493 e. The van der Waals surface area contributed by atoms with Gasteiger partial charge in [0.15, 0.2) is 22.5 Å². The van der Waals surface area contributed by atoms with E-state index in [1.165, 1.54) is 11.8 Å². The van der Waals surface area contributed by atoms with Gasteiger partial charge in [-0.3, -0.25) is 4.79 Å². The summed E-state index contributed by atoms with van der Waals surface area (Å²) in [7, 11) is 4.69. The Morgan fingerprint density at radius 2 is 1.68 bits per heavy atom. The quantitative estimate of drug-likeness (QED) is 0.352. The Morgan fingerprint density at radius 3 is 2.32 bits per heavy atom. The molecular formula is C28H25ClN4O4S. The van der Waals surface area contributed by atoms with Gasteiger partial charge in [-0.05, 0) is 54.1 Å². The second-order valence-electron chi connectivity index (χ2n) is 8.38. The Labute approximate surface area is 229 Å². The van der Waals surface area contributed by atoms with Crippen LogP contribution < -0.4 is 14.2 Å². The van der Waals surface area contributed by atoms with Crippen molar-refractivity contribution in [3.8, 4) is 28.6 Å². The lowest BCUT2D eigenvalue weighted by molar-refractivity contribution is -0.113. The number of rotatable bonds is 8. The summed E-state index contributed by atoms with van der Waals surface area (Å²) in [5.74, 6) is 1.54. The molecule has 38 heavy (non-hydrogen) atoms. The highest BCUT2D eigenvalue weighted by Crippen LogP contribution is 2.44. The van der Waals surface area contributed by atoms with Crippen molar-refractivity contribution in [2.75, 3.05) is 21.3 Å². The molecule has 1 atom stereocenters. The van der Waals surface area contributed by atoms with E-state index in [1.54, 1.807) is 33.5 Å². The van der Waals surface area contributed by atoms with Crippen LogP contribution in [0.2, 0.25) is 0 Å². The third-order valence-electron chi connectivity index (χ3n) is 6.27. The SMILES string of the molecule is CCn1c(SC2=C(c3ccccc3)C3C=C(Cl)C=CC3=NC2=O)nnc1-c1cc(OC)c(OC)c(OC)c1. The van der Waals surface area contributed by atoms with Crippen molar-refractivity contribution in [2.45, 2.75) is 18.6 Å². The molecule has 5 rings (SSSR count). The third kappa shape index (κ3) is 4.63. The first-order chi connectivity index (χ1) is 18.5. The molecule has 0 saturated carbocycles. The van der Waals surface area contributed by atoms with E-state index >= 15 is 0 Å². The van der Waals surface area contributed by atoms with Gasteiger partial charge >= 0.3 is 0 Å². The summed E-state index contributed by atoms with van der Waals surface area (Å²) in [5, 5.41) is 10.1. The first-order valence-corrected chi connectivity index (χ1v) is 13.1. The highest BCUT2D eigenvalue weighted by molar-refractivity contribution is 8.04. The van der Waals surface area contributed by atoms with Crippen molar-refractivity contribution in [1.82, 2.24) is 14.8 Å². The smallest absolute Gasteiger partial charge is 0.284 e. The molecule has 1 aliphatic heterocycles. The number of halogens is 1. The Kier molecular flexibility index (Phi) is 7.40. The fourth-order valence-electron chi connectivity index (χ4n) is 4.52. The molecule has 3 aromatic rings. The number of ether oxygens (including phenoxy) is 3. The average Bonchev–Trinajstić information content (AvgIpc) is 3.35. The molecule has 194 valence electrons. The summed E-state index contributed by atoms with van der Waals surface area (Å²) in [6.45, 7) is 2.56. The zero-order chi connectivity index (χ0) is 26.8. The molecule has 1 aliphatic carbocycles. The largest absolute Gasteiger partial charge is 0.493 e. The number of carbonyl (C=O) groups is 1. The highest BCUT2D eigenvalue weighted by atomic mass is 35.5. The monoisotopic (exact) mass is 548 g/mol. The van der Waals surface area contributed by atoms with E-state index in [0.29, 0.717) is 50.4 Å². The summed E-state index contributed by atoms with van der Waals surface area (Å²) in [4.78, 5) is 18.2. The van der Waals surface area contributed by atoms with Crippen molar-refractivity contribution in [3.63, 3.8) is 0 Å². The predicted molar refractivity (Wildman–Crippen MR) is 149 cm³/mol. The molecule has 0 fully saturated rings. The highest BCUT2D eigenvalue weighted by Gasteiger charge is 2.33. The Balaban J connectivity index is 1.62. The van der Waals surface area contributed by atoms with Crippen molar-refractivity contribution in [3.05, 3.63) is 76.2 Å². The molecule has 2 aromatic carbocycles. The summed E-state index contributed by atoms with van der Waals surface area (Å²) in [6, 6.07) is 13.4. The zero-order valence-corrected chi connectivity index (χ0v) is 22.8. The fraction of sp³-hybridized carbons (Fsp3) is 0.214. The molecule has 8 nitrogen and oxygen atoms in total. The number of methoxy groups -OCH3 is 3. The summed E-state index contributed by atoms with van der Waals surface area (Å²) in [5.41, 5.74) is 3.16. The van der Waals surface area contributed by atoms with Gasteiger partial charge in [-0.15, -0.1) is 10.2 Å². The molecular weight excluding hydrogens is 524 g/mol. The number of hydrogen-bond donors (Lipinski definition) is 0. The van der Waals surface area contributed by atoms with Crippen LogP contribution in [0, 0.1) is 5.92 Å². The first-order valence-electron chi connectivity index (χ1n) is 11.9. The standard InChI is InChI=1S/C28H25ClN4O4S/c1-5-33-26(17-13-21(35-2)24(37-4)22(14-17)36-3)31-32-28(33)38-25-23(16-9-7-6-8-10-16)19-15-18(29)11-12-20(19)30-27(25)34/h6-15,19H,5H2,1-4H3. The van der Waals surface area contributed by atoms with Gasteiger partial charge in [-0.25, -0.2) is 4.99 Å². The number of dihydropyridines is 1. The van der Waals surface area contributed by atoms with Crippen LogP contribution in [0.5, 0.6) is 17.2 Å². The van der Waals surface area contributed by atoms with Gasteiger partial charge in [0.1, 0.15) is 0 Å². The number of nitrogens with zero attached hydrogens (tertiary/aromatic N) is 4. The van der Waals surface area contributed by atoms with Gasteiger partial charge < -0.3 is 18.8 Å². The zero-order valence-electron chi connectivity index (χ0n) is 21.3. The van der Waals surface area contributed by atoms with Crippen LogP contribution in [-0.2, 0) is 11.3 Å². The lowest BCUT2D eigenvalue weighted by Crippen LogP contribution is -2.23. The maximum Gasteiger partial charge on any atom is 0.284 e. The van der Waals surface area contributed by atoms with Crippen LogP contribution in [0.4, 0.5) is 0 Å². The summed E-state index contributed by atoms with van der Waals surface area (Å²) in [6.07, 6.45) is 5.47. The van der Waals surface area contributed by atoms with E-state index in [1.807, 2.05) is 60.0 Å². The van der Waals surface area contributed by atoms with Crippen molar-refractivity contribution in [2.24, 2.45) is 10.9 Å². The molecule has 0 bridgehead atoms. The topological polar surface area (TPSA) is 87.8 Å². The van der Waals surface area contributed by atoms with E-state index in [9.17, 15) is 4.79 Å². The Bertz CT molecular complexity index is 1500. The number of amides is 1. The van der Waals surface area contributed by atoms with Gasteiger partial charge in [0.05, 0.1) is 31.9 Å². The minimum absolute atomic E-state index is 0.248. The number of allylic oxidation sites excluding steroid dienone is 5. The van der Waals surface area contributed by atoms with Crippen molar-refractivity contribution >= 4 is 40.6 Å². The number of carbonyl (C=O) groups excluding carboxylic acids is 1. The van der Waals surface area contributed by atoms with Crippen LogP contribution >= 0.6 is 23.4 Å². The second kappa shape index (κ2) is 10.9. The van der Waals surface area contributed by atoms with Gasteiger partial charge in [-0.1, -0.05) is 48.0 Å². The number of aromatic nitrogens is 3. The molecule has 0 N–H and O–H groups in total. The second-order valence-corrected chi connectivity index (χ2v) is 9.79. The van der Waals surface area contributed by atoms with Crippen molar-refractivity contribution in [1.29, 1.82) is 0 Å². The number of benzene rings is 2. The summed E-state index contributed by atoms with van der Waals surface area (Å²) >= 11 is 7.63. The van der Waals surface area contributed by atoms with Crippen LogP contribution in [0.15, 0.2) is 80.8 Å². The Morgan fingerprint density at radius 1 is 0.974 bits per heavy atom. The van der Waals surface area contributed by atoms with Gasteiger partial charge in [0.2, 0.25) is 5.75 Å². The van der Waals surface area contributed by atoms with Gasteiger partial charge in [0.25, 0.3) is 5.91 Å². The van der Waals surface area contributed by atoms with Gasteiger partial charge in [-0.2, -0.15) is 0 Å². The molecule has 0 saturated heterocycles. The number of fused-ring (bicyclic) bond motifs is 1. The van der Waals surface area contributed by atoms with E-state index in [2.05, 4.69) is 15.2 Å². The van der Waals surface area contributed by atoms with E-state index in [0.717, 1.165) is 16.7 Å². The number of aliphatic imine (C=N–C) groups is 1. The first kappa shape index (κ1) is 25.8. The molecule has 1 aromatic heterocycles. The van der Waals surface area contributed by atoms with Crippen molar-refractivity contribution < 1.29 is 19.0 Å². The van der Waals surface area contributed by atoms with Crippen LogP contribution in [-0.4, -0.2) is 47.7 Å². The number of hydrogen-bond acceptors (Lipinski definition) is 7. The molecule has 0 spiro atoms.